The fraction of sp³-hybridized carbons (Fsp3) is 0.360. The molecule has 31 heavy (non-hydrogen) atoms. The van der Waals surface area contributed by atoms with E-state index in [0.717, 1.165) is 38.8 Å². The summed E-state index contributed by atoms with van der Waals surface area (Å²) in [5.41, 5.74) is 3.80. The minimum absolute atomic E-state index is 0.317. The maximum atomic E-state index is 10.9. The molecule has 1 aliphatic carbocycles. The Morgan fingerprint density at radius 2 is 1.94 bits per heavy atom. The Balaban J connectivity index is 1.26. The zero-order chi connectivity index (χ0) is 21.4. The number of aromatic nitrogens is 1. The summed E-state index contributed by atoms with van der Waals surface area (Å²) >= 11 is 0. The summed E-state index contributed by atoms with van der Waals surface area (Å²) in [4.78, 5) is 20.1. The average molecular weight is 418 g/mol. The van der Waals surface area contributed by atoms with E-state index >= 15 is 0 Å². The number of hydrogen-bond acceptors (Lipinski definition) is 5. The fourth-order valence-electron chi connectivity index (χ4n) is 5.20. The van der Waals surface area contributed by atoms with Gasteiger partial charge in [-0.05, 0) is 79.6 Å². The largest absolute Gasteiger partial charge is 0.511 e. The smallest absolute Gasteiger partial charge is 0.449 e. The number of hydrogen-bond donors (Lipinski definition) is 1. The number of carboxylic acid groups (broad SMARTS) is 1. The van der Waals surface area contributed by atoms with Gasteiger partial charge in [-0.3, -0.25) is 9.88 Å². The van der Waals surface area contributed by atoms with Crippen LogP contribution in [0.1, 0.15) is 36.4 Å². The Labute approximate surface area is 182 Å². The van der Waals surface area contributed by atoms with Crippen molar-refractivity contribution in [1.29, 1.82) is 0 Å². The molecule has 160 valence electrons. The average Bonchev–Trinajstić information content (AvgIpc) is 3.21. The Morgan fingerprint density at radius 3 is 2.74 bits per heavy atom. The summed E-state index contributed by atoms with van der Waals surface area (Å²) in [5.74, 6) is 0.410. The van der Waals surface area contributed by atoms with E-state index in [4.69, 9.17) is 9.84 Å². The number of ether oxygens (including phenoxy) is 1. The molecular formula is C25H27N3O3. The van der Waals surface area contributed by atoms with Crippen LogP contribution in [0, 0.1) is 0 Å². The van der Waals surface area contributed by atoms with Crippen molar-refractivity contribution in [1.82, 2.24) is 9.88 Å². The summed E-state index contributed by atoms with van der Waals surface area (Å²) < 4.78 is 4.89. The van der Waals surface area contributed by atoms with E-state index in [2.05, 4.69) is 46.1 Å². The van der Waals surface area contributed by atoms with Crippen molar-refractivity contribution in [3.63, 3.8) is 0 Å². The standard InChI is InChI=1S/C25H27N3O3/c1-27(24-7-4-17-3-6-22(15-23(17)24)31-25(29)30)20-9-12-28(13-10-20)21-5-2-19-16-26-11-8-18(19)14-21/h2-3,5-6,8,11,14-16,20,24H,4,7,9-10,12-13H2,1H3,(H,29,30). The number of nitrogens with zero attached hydrogens (tertiary/aromatic N) is 3. The second kappa shape index (κ2) is 8.19. The zero-order valence-electron chi connectivity index (χ0n) is 17.7. The maximum absolute atomic E-state index is 10.9. The van der Waals surface area contributed by atoms with Crippen molar-refractivity contribution in [2.75, 3.05) is 25.0 Å². The molecule has 1 unspecified atom stereocenters. The molecule has 0 amide bonds. The lowest BCUT2D eigenvalue weighted by Crippen LogP contribution is -2.44. The summed E-state index contributed by atoms with van der Waals surface area (Å²) in [7, 11) is 2.22. The minimum Gasteiger partial charge on any atom is -0.449 e. The van der Waals surface area contributed by atoms with Gasteiger partial charge in [0.2, 0.25) is 0 Å². The van der Waals surface area contributed by atoms with Gasteiger partial charge in [0, 0.05) is 48.6 Å². The van der Waals surface area contributed by atoms with Gasteiger partial charge in [0.15, 0.2) is 0 Å². The SMILES string of the molecule is CN(C1CCN(c2ccc3cnccc3c2)CC1)C1CCc2ccc(OC(=O)O)cc21. The Kier molecular flexibility index (Phi) is 5.24. The fourth-order valence-corrected chi connectivity index (χ4v) is 5.20. The van der Waals surface area contributed by atoms with Crippen LogP contribution in [0.2, 0.25) is 0 Å². The van der Waals surface area contributed by atoms with Crippen molar-refractivity contribution < 1.29 is 14.6 Å². The molecule has 0 saturated carbocycles. The van der Waals surface area contributed by atoms with Crippen molar-refractivity contribution >= 4 is 22.6 Å². The molecule has 3 aromatic rings. The van der Waals surface area contributed by atoms with Crippen LogP contribution in [0.15, 0.2) is 54.9 Å². The number of carbonyl (C=O) groups is 1. The topological polar surface area (TPSA) is 65.9 Å². The number of piperidine rings is 1. The molecule has 2 heterocycles. The molecule has 6 nitrogen and oxygen atoms in total. The Morgan fingerprint density at radius 1 is 1.10 bits per heavy atom. The van der Waals surface area contributed by atoms with Gasteiger partial charge >= 0.3 is 6.16 Å². The number of fused-ring (bicyclic) bond motifs is 2. The van der Waals surface area contributed by atoms with Crippen LogP contribution in [0.3, 0.4) is 0 Å². The van der Waals surface area contributed by atoms with E-state index < -0.39 is 6.16 Å². The molecule has 1 atom stereocenters. The maximum Gasteiger partial charge on any atom is 0.511 e. The molecule has 2 aromatic carbocycles. The predicted molar refractivity (Wildman–Crippen MR) is 121 cm³/mol. The summed E-state index contributed by atoms with van der Waals surface area (Å²) in [6, 6.07) is 15.2. The number of anilines is 1. The highest BCUT2D eigenvalue weighted by Crippen LogP contribution is 2.39. The molecule has 6 heteroatoms. The summed E-state index contributed by atoms with van der Waals surface area (Å²) in [5, 5.41) is 11.3. The Bertz CT molecular complexity index is 1110. The van der Waals surface area contributed by atoms with Gasteiger partial charge in [0.05, 0.1) is 0 Å². The third kappa shape index (κ3) is 3.95. The Hall–Kier alpha value is -3.12. The lowest BCUT2D eigenvalue weighted by atomic mass is 9.98. The van der Waals surface area contributed by atoms with Gasteiger partial charge in [0.1, 0.15) is 5.75 Å². The highest BCUT2D eigenvalue weighted by Gasteiger charge is 2.32. The molecule has 1 aromatic heterocycles. The molecule has 0 radical (unpaired) electrons. The lowest BCUT2D eigenvalue weighted by molar-refractivity contribution is 0.143. The first-order valence-corrected chi connectivity index (χ1v) is 10.9. The minimum atomic E-state index is -1.26. The second-order valence-electron chi connectivity index (χ2n) is 8.57. The van der Waals surface area contributed by atoms with Gasteiger partial charge < -0.3 is 14.7 Å². The highest BCUT2D eigenvalue weighted by molar-refractivity contribution is 5.85. The van der Waals surface area contributed by atoms with Crippen LogP contribution in [-0.2, 0) is 6.42 Å². The quantitative estimate of drug-likeness (QED) is 0.482. The van der Waals surface area contributed by atoms with Crippen LogP contribution in [0.25, 0.3) is 10.8 Å². The van der Waals surface area contributed by atoms with Crippen LogP contribution < -0.4 is 9.64 Å². The van der Waals surface area contributed by atoms with Crippen LogP contribution in [0.5, 0.6) is 5.75 Å². The third-order valence-electron chi connectivity index (χ3n) is 6.89. The van der Waals surface area contributed by atoms with Crippen molar-refractivity contribution in [2.45, 2.75) is 37.8 Å². The number of aryl methyl sites for hydroxylation is 1. The van der Waals surface area contributed by atoms with Gasteiger partial charge in [-0.2, -0.15) is 0 Å². The van der Waals surface area contributed by atoms with Crippen LogP contribution in [-0.4, -0.2) is 47.3 Å². The van der Waals surface area contributed by atoms with E-state index in [1.165, 1.54) is 27.6 Å². The van der Waals surface area contributed by atoms with E-state index in [1.54, 1.807) is 6.07 Å². The zero-order valence-corrected chi connectivity index (χ0v) is 17.7. The molecule has 1 aliphatic heterocycles. The van der Waals surface area contributed by atoms with Crippen molar-refractivity contribution in [2.24, 2.45) is 0 Å². The van der Waals surface area contributed by atoms with E-state index in [0.29, 0.717) is 17.8 Å². The second-order valence-corrected chi connectivity index (χ2v) is 8.57. The molecule has 1 N–H and O–H groups in total. The van der Waals surface area contributed by atoms with Gasteiger partial charge in [-0.15, -0.1) is 0 Å². The molecule has 0 spiro atoms. The highest BCUT2D eigenvalue weighted by atomic mass is 16.7. The lowest BCUT2D eigenvalue weighted by Gasteiger charge is -2.40. The first kappa shape index (κ1) is 19.8. The van der Waals surface area contributed by atoms with E-state index in [1.807, 2.05) is 24.5 Å². The number of pyridine rings is 1. The number of benzene rings is 2. The normalized spacial score (nSPS) is 19.0. The van der Waals surface area contributed by atoms with Gasteiger partial charge in [0.25, 0.3) is 0 Å². The monoisotopic (exact) mass is 417 g/mol. The molecule has 1 fully saturated rings. The third-order valence-corrected chi connectivity index (χ3v) is 6.89. The van der Waals surface area contributed by atoms with Crippen LogP contribution in [0.4, 0.5) is 10.5 Å². The molecular weight excluding hydrogens is 390 g/mol. The molecule has 2 aliphatic rings. The van der Waals surface area contributed by atoms with Crippen molar-refractivity contribution in [3.05, 3.63) is 66.0 Å². The molecule has 1 saturated heterocycles. The van der Waals surface area contributed by atoms with E-state index in [-0.39, 0.29) is 0 Å². The predicted octanol–water partition coefficient (Wildman–Crippen LogP) is 4.88. The summed E-state index contributed by atoms with van der Waals surface area (Å²) in [6.07, 6.45) is 6.82. The van der Waals surface area contributed by atoms with Crippen molar-refractivity contribution in [3.8, 4) is 5.75 Å². The van der Waals surface area contributed by atoms with Gasteiger partial charge in [-0.1, -0.05) is 12.1 Å². The molecule has 0 bridgehead atoms. The van der Waals surface area contributed by atoms with Gasteiger partial charge in [-0.25, -0.2) is 4.79 Å². The van der Waals surface area contributed by atoms with E-state index in [9.17, 15) is 4.79 Å². The summed E-state index contributed by atoms with van der Waals surface area (Å²) in [6.45, 7) is 2.07. The van der Waals surface area contributed by atoms with Crippen LogP contribution >= 0.6 is 0 Å². The number of rotatable bonds is 4. The molecule has 5 rings (SSSR count). The first-order chi connectivity index (χ1) is 15.1. The first-order valence-electron chi connectivity index (χ1n) is 10.9.